The van der Waals surface area contributed by atoms with Gasteiger partial charge in [0.25, 0.3) is 11.5 Å². The van der Waals surface area contributed by atoms with Crippen molar-refractivity contribution in [1.82, 2.24) is 9.47 Å². The molecule has 0 radical (unpaired) electrons. The zero-order chi connectivity index (χ0) is 14.3. The number of hydrogen-bond acceptors (Lipinski definition) is 2. The molecule has 0 N–H and O–H groups in total. The van der Waals surface area contributed by atoms with E-state index in [4.69, 9.17) is 0 Å². The van der Waals surface area contributed by atoms with Crippen LogP contribution in [0.1, 0.15) is 49.9 Å². The fourth-order valence-electron chi connectivity index (χ4n) is 1.94. The molecule has 0 aromatic carbocycles. The third-order valence-electron chi connectivity index (χ3n) is 3.20. The molecule has 1 aromatic heterocycles. The van der Waals surface area contributed by atoms with Crippen molar-refractivity contribution >= 4 is 5.91 Å². The number of rotatable bonds is 7. The number of unbranched alkanes of at least 4 members (excludes halogenated alkanes) is 2. The van der Waals surface area contributed by atoms with Crippen LogP contribution in [0, 0.1) is 0 Å². The van der Waals surface area contributed by atoms with Crippen molar-refractivity contribution in [2.24, 2.45) is 7.05 Å². The van der Waals surface area contributed by atoms with Crippen molar-refractivity contribution in [1.29, 1.82) is 0 Å². The summed E-state index contributed by atoms with van der Waals surface area (Å²) in [6.45, 7) is 5.66. The average Bonchev–Trinajstić information content (AvgIpc) is 2.41. The van der Waals surface area contributed by atoms with Gasteiger partial charge < -0.3 is 9.47 Å². The van der Waals surface area contributed by atoms with Gasteiger partial charge in [0.2, 0.25) is 0 Å². The minimum absolute atomic E-state index is 0.136. The summed E-state index contributed by atoms with van der Waals surface area (Å²) < 4.78 is 1.45. The molecule has 0 bridgehead atoms. The van der Waals surface area contributed by atoms with Gasteiger partial charge >= 0.3 is 0 Å². The number of hydrogen-bond donors (Lipinski definition) is 0. The lowest BCUT2D eigenvalue weighted by molar-refractivity contribution is 0.0748. The van der Waals surface area contributed by atoms with Crippen LogP contribution in [-0.2, 0) is 7.05 Å². The number of aryl methyl sites for hydroxylation is 1. The minimum atomic E-state index is -0.217. The van der Waals surface area contributed by atoms with Crippen molar-refractivity contribution in [3.05, 3.63) is 34.2 Å². The Morgan fingerprint density at radius 1 is 1.21 bits per heavy atom. The van der Waals surface area contributed by atoms with Crippen LogP contribution < -0.4 is 5.56 Å². The lowest BCUT2D eigenvalue weighted by atomic mass is 10.2. The highest BCUT2D eigenvalue weighted by Crippen LogP contribution is 2.05. The minimum Gasteiger partial charge on any atom is -0.338 e. The highest BCUT2D eigenvalue weighted by molar-refractivity contribution is 5.93. The first-order valence-electron chi connectivity index (χ1n) is 7.06. The maximum Gasteiger partial charge on any atom is 0.263 e. The van der Waals surface area contributed by atoms with Gasteiger partial charge in [0.15, 0.2) is 0 Å². The lowest BCUT2D eigenvalue weighted by Gasteiger charge is -2.22. The zero-order valence-corrected chi connectivity index (χ0v) is 12.2. The normalized spacial score (nSPS) is 10.5. The maximum absolute atomic E-state index is 12.4. The summed E-state index contributed by atoms with van der Waals surface area (Å²) in [5, 5.41) is 0. The Kier molecular flexibility index (Phi) is 6.33. The Labute approximate surface area is 115 Å². The first kappa shape index (κ1) is 15.5. The van der Waals surface area contributed by atoms with Gasteiger partial charge in [0.1, 0.15) is 5.56 Å². The summed E-state index contributed by atoms with van der Waals surface area (Å²) in [5.74, 6) is -0.136. The van der Waals surface area contributed by atoms with E-state index in [0.717, 1.165) is 38.8 Å². The monoisotopic (exact) mass is 264 g/mol. The first-order valence-corrected chi connectivity index (χ1v) is 7.06. The SMILES string of the molecule is CCCCN(CCCC)C(=O)c1cccn(C)c1=O. The van der Waals surface area contributed by atoms with E-state index in [1.54, 1.807) is 25.4 Å². The summed E-state index contributed by atoms with van der Waals surface area (Å²) in [6, 6.07) is 3.36. The van der Waals surface area contributed by atoms with Gasteiger partial charge in [-0.1, -0.05) is 26.7 Å². The Balaban J connectivity index is 2.91. The van der Waals surface area contributed by atoms with Gasteiger partial charge in [-0.15, -0.1) is 0 Å². The van der Waals surface area contributed by atoms with E-state index < -0.39 is 0 Å². The summed E-state index contributed by atoms with van der Waals surface area (Å²) in [6.07, 6.45) is 5.71. The molecule has 19 heavy (non-hydrogen) atoms. The molecule has 1 amide bonds. The number of carbonyl (C=O) groups is 1. The van der Waals surface area contributed by atoms with Crippen molar-refractivity contribution in [3.63, 3.8) is 0 Å². The summed E-state index contributed by atoms with van der Waals surface area (Å²) in [5.41, 5.74) is 0.0581. The van der Waals surface area contributed by atoms with Gasteiger partial charge in [-0.25, -0.2) is 0 Å². The summed E-state index contributed by atoms with van der Waals surface area (Å²) in [4.78, 5) is 26.2. The first-order chi connectivity index (χ1) is 9.11. The highest BCUT2D eigenvalue weighted by Gasteiger charge is 2.18. The number of nitrogens with zero attached hydrogens (tertiary/aromatic N) is 2. The van der Waals surface area contributed by atoms with Crippen LogP contribution >= 0.6 is 0 Å². The molecule has 0 unspecified atom stereocenters. The molecule has 0 aliphatic rings. The molecule has 0 atom stereocenters. The Morgan fingerprint density at radius 2 is 1.79 bits per heavy atom. The molecule has 1 aromatic rings. The molecule has 0 saturated carbocycles. The largest absolute Gasteiger partial charge is 0.338 e. The highest BCUT2D eigenvalue weighted by atomic mass is 16.2. The third kappa shape index (κ3) is 4.23. The van der Waals surface area contributed by atoms with Gasteiger partial charge in [-0.05, 0) is 25.0 Å². The molecule has 0 fully saturated rings. The van der Waals surface area contributed by atoms with Gasteiger partial charge in [0, 0.05) is 26.3 Å². The predicted octanol–water partition coefficient (Wildman–Crippen LogP) is 2.43. The van der Waals surface area contributed by atoms with Crippen LogP contribution in [0.4, 0.5) is 0 Å². The molecule has 106 valence electrons. The van der Waals surface area contributed by atoms with E-state index in [-0.39, 0.29) is 17.0 Å². The van der Waals surface area contributed by atoms with E-state index in [9.17, 15) is 9.59 Å². The van der Waals surface area contributed by atoms with Crippen molar-refractivity contribution in [2.45, 2.75) is 39.5 Å². The van der Waals surface area contributed by atoms with Gasteiger partial charge in [-0.3, -0.25) is 9.59 Å². The van der Waals surface area contributed by atoms with Gasteiger partial charge in [-0.2, -0.15) is 0 Å². The topological polar surface area (TPSA) is 42.3 Å². The fourth-order valence-corrected chi connectivity index (χ4v) is 1.94. The lowest BCUT2D eigenvalue weighted by Crippen LogP contribution is -2.37. The Hall–Kier alpha value is -1.58. The molecule has 0 aliphatic carbocycles. The van der Waals surface area contributed by atoms with Gasteiger partial charge in [0.05, 0.1) is 0 Å². The average molecular weight is 264 g/mol. The van der Waals surface area contributed by atoms with Crippen LogP contribution in [0.5, 0.6) is 0 Å². The van der Waals surface area contributed by atoms with Crippen LogP contribution in [0.3, 0.4) is 0 Å². The molecule has 4 nitrogen and oxygen atoms in total. The molecular formula is C15H24N2O2. The third-order valence-corrected chi connectivity index (χ3v) is 3.20. The fraction of sp³-hybridized carbons (Fsp3) is 0.600. The van der Waals surface area contributed by atoms with E-state index in [2.05, 4.69) is 13.8 Å². The number of amides is 1. The van der Waals surface area contributed by atoms with Crippen LogP contribution in [0.25, 0.3) is 0 Å². The van der Waals surface area contributed by atoms with Crippen LogP contribution in [-0.4, -0.2) is 28.5 Å². The number of pyridine rings is 1. The van der Waals surface area contributed by atoms with Crippen LogP contribution in [0.2, 0.25) is 0 Å². The second kappa shape index (κ2) is 7.77. The standard InChI is InChI=1S/C15H24N2O2/c1-4-6-11-17(12-7-5-2)15(19)13-9-8-10-16(3)14(13)18/h8-10H,4-7,11-12H2,1-3H3. The quantitative estimate of drug-likeness (QED) is 0.759. The molecule has 4 heteroatoms. The number of carbonyl (C=O) groups excluding carboxylic acids is 1. The number of aromatic nitrogens is 1. The summed E-state index contributed by atoms with van der Waals surface area (Å²) in [7, 11) is 1.67. The molecule has 1 heterocycles. The molecule has 0 aliphatic heterocycles. The van der Waals surface area contributed by atoms with E-state index in [1.165, 1.54) is 4.57 Å². The molecule has 1 rings (SSSR count). The van der Waals surface area contributed by atoms with Crippen molar-refractivity contribution in [3.8, 4) is 0 Å². The zero-order valence-electron chi connectivity index (χ0n) is 12.2. The Morgan fingerprint density at radius 3 is 2.32 bits per heavy atom. The smallest absolute Gasteiger partial charge is 0.263 e. The second-order valence-corrected chi connectivity index (χ2v) is 4.84. The Bertz CT molecular complexity index is 457. The van der Waals surface area contributed by atoms with E-state index in [1.807, 2.05) is 4.90 Å². The molecular weight excluding hydrogens is 240 g/mol. The predicted molar refractivity (Wildman–Crippen MR) is 77.4 cm³/mol. The molecule has 0 spiro atoms. The maximum atomic E-state index is 12.4. The van der Waals surface area contributed by atoms with E-state index >= 15 is 0 Å². The van der Waals surface area contributed by atoms with Crippen molar-refractivity contribution < 1.29 is 4.79 Å². The van der Waals surface area contributed by atoms with Crippen molar-refractivity contribution in [2.75, 3.05) is 13.1 Å². The second-order valence-electron chi connectivity index (χ2n) is 4.84. The van der Waals surface area contributed by atoms with E-state index in [0.29, 0.717) is 0 Å². The molecule has 0 saturated heterocycles. The summed E-state index contributed by atoms with van der Waals surface area (Å²) >= 11 is 0. The van der Waals surface area contributed by atoms with Crippen LogP contribution in [0.15, 0.2) is 23.1 Å².